The lowest BCUT2D eigenvalue weighted by molar-refractivity contribution is -0.134. The quantitative estimate of drug-likeness (QED) is 0.562. The van der Waals surface area contributed by atoms with E-state index in [1.165, 1.54) is 0 Å². The van der Waals surface area contributed by atoms with E-state index in [1.807, 2.05) is 25.1 Å². The number of carboxylic acids is 2. The lowest BCUT2D eigenvalue weighted by Crippen LogP contribution is -2.48. The normalized spacial score (nSPS) is 12.3. The van der Waals surface area contributed by atoms with E-state index < -0.39 is 20.7 Å². The molecule has 0 amide bonds. The standard InChI is InChI=1S/C10H17NO3Si.C4H4O4/c1-9(10-7-5-6-8-11-10)15(12-2,13-3)14-4;5-3(6)1-2-4(7)8/h5-9H,1-4H3;1-2H,(H,5,6)(H,7,8). The Morgan fingerprint density at radius 1 is 1.09 bits per heavy atom. The molecule has 1 heterocycles. The van der Waals surface area contributed by atoms with Gasteiger partial charge in [-0.15, -0.1) is 0 Å². The number of carboxylic acid groups (broad SMARTS) is 2. The molecule has 0 aliphatic rings. The summed E-state index contributed by atoms with van der Waals surface area (Å²) < 4.78 is 16.2. The number of hydrogen-bond donors (Lipinski definition) is 2. The van der Waals surface area contributed by atoms with Crippen molar-refractivity contribution in [3.63, 3.8) is 0 Å². The molecule has 8 nitrogen and oxygen atoms in total. The summed E-state index contributed by atoms with van der Waals surface area (Å²) in [6, 6.07) is 5.77. The predicted octanol–water partition coefficient (Wildman–Crippen LogP) is 1.31. The number of hydrogen-bond acceptors (Lipinski definition) is 6. The number of carbonyl (C=O) groups is 2. The molecule has 0 aromatic carbocycles. The Balaban J connectivity index is 0.000000515. The van der Waals surface area contributed by atoms with Gasteiger partial charge in [0.15, 0.2) is 0 Å². The monoisotopic (exact) mass is 343 g/mol. The largest absolute Gasteiger partial charge is 0.509 e. The zero-order chi connectivity index (χ0) is 17.9. The van der Waals surface area contributed by atoms with Crippen LogP contribution >= 0.6 is 0 Å². The van der Waals surface area contributed by atoms with Crippen LogP contribution in [0.3, 0.4) is 0 Å². The molecule has 0 aliphatic heterocycles. The molecule has 1 aromatic rings. The Bertz CT molecular complexity index is 493. The van der Waals surface area contributed by atoms with E-state index in [-0.39, 0.29) is 5.54 Å². The van der Waals surface area contributed by atoms with Crippen LogP contribution in [0.1, 0.15) is 18.2 Å². The maximum Gasteiger partial charge on any atom is 0.509 e. The first kappa shape index (κ1) is 20.9. The van der Waals surface area contributed by atoms with Gasteiger partial charge in [0, 0.05) is 45.4 Å². The second-order valence-corrected chi connectivity index (χ2v) is 7.50. The molecule has 1 aromatic heterocycles. The number of aromatic nitrogens is 1. The van der Waals surface area contributed by atoms with Crippen molar-refractivity contribution in [2.75, 3.05) is 21.3 Å². The van der Waals surface area contributed by atoms with E-state index in [0.29, 0.717) is 12.2 Å². The van der Waals surface area contributed by atoms with Crippen molar-refractivity contribution in [2.24, 2.45) is 0 Å². The number of pyridine rings is 1. The average Bonchev–Trinajstić information content (AvgIpc) is 2.56. The molecular weight excluding hydrogens is 322 g/mol. The van der Waals surface area contributed by atoms with Gasteiger partial charge in [0.25, 0.3) is 0 Å². The summed E-state index contributed by atoms with van der Waals surface area (Å²) >= 11 is 0. The van der Waals surface area contributed by atoms with Crippen molar-refractivity contribution in [3.05, 3.63) is 42.2 Å². The van der Waals surface area contributed by atoms with Gasteiger partial charge in [-0.1, -0.05) is 13.0 Å². The molecule has 2 N–H and O–H groups in total. The molecule has 1 atom stereocenters. The molecule has 128 valence electrons. The van der Waals surface area contributed by atoms with Crippen LogP contribution in [-0.2, 0) is 22.9 Å². The minimum atomic E-state index is -2.62. The van der Waals surface area contributed by atoms with E-state index in [9.17, 15) is 9.59 Å². The van der Waals surface area contributed by atoms with Crippen LogP contribution < -0.4 is 0 Å². The Morgan fingerprint density at radius 2 is 1.57 bits per heavy atom. The minimum Gasteiger partial charge on any atom is -0.478 e. The van der Waals surface area contributed by atoms with Gasteiger partial charge in [-0.3, -0.25) is 4.98 Å². The molecule has 23 heavy (non-hydrogen) atoms. The zero-order valence-electron chi connectivity index (χ0n) is 13.4. The van der Waals surface area contributed by atoms with E-state index >= 15 is 0 Å². The summed E-state index contributed by atoms with van der Waals surface area (Å²) in [4.78, 5) is 23.4. The summed E-state index contributed by atoms with van der Waals surface area (Å²) in [6.07, 6.45) is 2.87. The molecule has 1 rings (SSSR count). The summed E-state index contributed by atoms with van der Waals surface area (Å²) in [6.45, 7) is 2.01. The van der Waals surface area contributed by atoms with E-state index in [4.69, 9.17) is 23.5 Å². The molecule has 1 unspecified atom stereocenters. The van der Waals surface area contributed by atoms with Crippen LogP contribution in [0.5, 0.6) is 0 Å². The average molecular weight is 343 g/mol. The van der Waals surface area contributed by atoms with E-state index in [2.05, 4.69) is 4.98 Å². The molecular formula is C14H21NO7Si. The lowest BCUT2D eigenvalue weighted by atomic mass is 10.3. The lowest BCUT2D eigenvalue weighted by Gasteiger charge is -2.29. The van der Waals surface area contributed by atoms with Gasteiger partial charge < -0.3 is 23.5 Å². The van der Waals surface area contributed by atoms with Gasteiger partial charge in [0.2, 0.25) is 0 Å². The van der Waals surface area contributed by atoms with Gasteiger partial charge in [-0.25, -0.2) is 9.59 Å². The highest BCUT2D eigenvalue weighted by Gasteiger charge is 2.46. The smallest absolute Gasteiger partial charge is 0.478 e. The molecule has 9 heteroatoms. The van der Waals surface area contributed by atoms with Crippen LogP contribution in [0, 0.1) is 0 Å². The molecule has 0 spiro atoms. The summed E-state index contributed by atoms with van der Waals surface area (Å²) in [5.74, 6) is -2.51. The van der Waals surface area contributed by atoms with E-state index in [1.54, 1.807) is 27.5 Å². The topological polar surface area (TPSA) is 115 Å². The molecule has 0 bridgehead atoms. The van der Waals surface area contributed by atoms with Crippen LogP contribution in [0.2, 0.25) is 0 Å². The SMILES string of the molecule is CO[Si](OC)(OC)C(C)c1ccccn1.O=C(O)C=CC(=O)O. The van der Waals surface area contributed by atoms with Gasteiger partial charge in [-0.2, -0.15) is 0 Å². The number of aliphatic carboxylic acids is 2. The maximum absolute atomic E-state index is 9.55. The fourth-order valence-corrected chi connectivity index (χ4v) is 3.83. The third kappa shape index (κ3) is 7.15. The van der Waals surface area contributed by atoms with Gasteiger partial charge >= 0.3 is 20.7 Å². The van der Waals surface area contributed by atoms with Crippen molar-refractivity contribution >= 4 is 20.7 Å². The third-order valence-corrected chi connectivity index (χ3v) is 5.95. The minimum absolute atomic E-state index is 0.0266. The second kappa shape index (κ2) is 10.6. The first-order valence-corrected chi connectivity index (χ1v) is 8.33. The van der Waals surface area contributed by atoms with E-state index in [0.717, 1.165) is 5.69 Å². The molecule has 0 saturated heterocycles. The van der Waals surface area contributed by atoms with Gasteiger partial charge in [0.1, 0.15) is 0 Å². The van der Waals surface area contributed by atoms with Crippen molar-refractivity contribution in [1.29, 1.82) is 0 Å². The third-order valence-electron chi connectivity index (χ3n) is 2.88. The molecule has 0 saturated carbocycles. The van der Waals surface area contributed by atoms with Crippen molar-refractivity contribution < 1.29 is 33.1 Å². The van der Waals surface area contributed by atoms with Crippen molar-refractivity contribution in [2.45, 2.75) is 12.5 Å². The Morgan fingerprint density at radius 3 is 1.87 bits per heavy atom. The fraction of sp³-hybridized carbons (Fsp3) is 0.357. The Labute approximate surface area is 135 Å². The highest BCUT2D eigenvalue weighted by molar-refractivity contribution is 6.62. The van der Waals surface area contributed by atoms with Crippen LogP contribution in [0.4, 0.5) is 0 Å². The van der Waals surface area contributed by atoms with Crippen LogP contribution in [0.15, 0.2) is 36.5 Å². The number of nitrogens with zero attached hydrogens (tertiary/aromatic N) is 1. The number of rotatable bonds is 7. The highest BCUT2D eigenvalue weighted by atomic mass is 28.4. The van der Waals surface area contributed by atoms with Crippen LogP contribution in [0.25, 0.3) is 0 Å². The highest BCUT2D eigenvalue weighted by Crippen LogP contribution is 2.26. The molecule has 0 aliphatic carbocycles. The van der Waals surface area contributed by atoms with Gasteiger partial charge in [0.05, 0.1) is 5.54 Å². The summed E-state index contributed by atoms with van der Waals surface area (Å²) in [5.41, 5.74) is 0.952. The first-order valence-electron chi connectivity index (χ1n) is 6.53. The summed E-state index contributed by atoms with van der Waals surface area (Å²) in [7, 11) is 2.21. The fourth-order valence-electron chi connectivity index (χ4n) is 1.74. The van der Waals surface area contributed by atoms with Gasteiger partial charge in [-0.05, 0) is 12.1 Å². The Hall–Kier alpha value is -2.07. The molecule has 0 radical (unpaired) electrons. The summed E-state index contributed by atoms with van der Waals surface area (Å²) in [5, 5.41) is 15.6. The van der Waals surface area contributed by atoms with Crippen LogP contribution in [-0.4, -0.2) is 57.3 Å². The van der Waals surface area contributed by atoms with Crippen molar-refractivity contribution in [3.8, 4) is 0 Å². The predicted molar refractivity (Wildman–Crippen MR) is 83.8 cm³/mol. The second-order valence-electron chi connectivity index (χ2n) is 4.20. The Kier molecular flexibility index (Phi) is 9.66. The molecule has 0 fully saturated rings. The zero-order valence-corrected chi connectivity index (χ0v) is 14.4. The maximum atomic E-state index is 9.55. The first-order chi connectivity index (χ1) is 10.8. The van der Waals surface area contributed by atoms with Crippen molar-refractivity contribution in [1.82, 2.24) is 4.98 Å².